The van der Waals surface area contributed by atoms with Crippen LogP contribution < -0.4 is 4.90 Å². The van der Waals surface area contributed by atoms with E-state index in [4.69, 9.17) is 4.42 Å². The minimum atomic E-state index is -3.21. The summed E-state index contributed by atoms with van der Waals surface area (Å²) in [7, 11) is -3.21. The van der Waals surface area contributed by atoms with Crippen LogP contribution in [0.25, 0.3) is 0 Å². The van der Waals surface area contributed by atoms with Crippen LogP contribution in [0.3, 0.4) is 0 Å². The maximum Gasteiger partial charge on any atom is 0.257 e. The van der Waals surface area contributed by atoms with Gasteiger partial charge in [0.15, 0.2) is 0 Å². The van der Waals surface area contributed by atoms with Crippen LogP contribution in [0.4, 0.5) is 5.69 Å². The van der Waals surface area contributed by atoms with Gasteiger partial charge in [-0.2, -0.15) is 4.31 Å². The van der Waals surface area contributed by atoms with Crippen LogP contribution in [-0.2, 0) is 23.0 Å². The average molecular weight is 418 g/mol. The minimum absolute atomic E-state index is 0.0856. The third-order valence-electron chi connectivity index (χ3n) is 5.92. The fraction of sp³-hybridized carbons (Fsp3) is 0.476. The Hall–Kier alpha value is -2.32. The molecule has 8 heteroatoms. The molecular weight excluding hydrogens is 390 g/mol. The Morgan fingerprint density at radius 3 is 2.59 bits per heavy atom. The smallest absolute Gasteiger partial charge is 0.257 e. The Morgan fingerprint density at radius 2 is 1.86 bits per heavy atom. The number of carbonyl (C=O) groups is 1. The number of fused-ring (bicyclic) bond motifs is 1. The van der Waals surface area contributed by atoms with E-state index >= 15 is 0 Å². The second kappa shape index (κ2) is 7.84. The van der Waals surface area contributed by atoms with Crippen LogP contribution in [0.1, 0.15) is 35.5 Å². The molecular formula is C21H27N3O4S. The van der Waals surface area contributed by atoms with Crippen LogP contribution in [0.2, 0.25) is 0 Å². The molecule has 2 aliphatic rings. The predicted molar refractivity (Wildman–Crippen MR) is 111 cm³/mol. The molecule has 1 fully saturated rings. The molecule has 1 atom stereocenters. The van der Waals surface area contributed by atoms with E-state index in [1.54, 1.807) is 24.2 Å². The molecule has 0 spiro atoms. The van der Waals surface area contributed by atoms with E-state index in [1.807, 2.05) is 6.07 Å². The first-order valence-electron chi connectivity index (χ1n) is 10.1. The fourth-order valence-corrected chi connectivity index (χ4v) is 5.29. The van der Waals surface area contributed by atoms with E-state index in [1.165, 1.54) is 15.6 Å². The van der Waals surface area contributed by atoms with Crippen molar-refractivity contribution in [2.75, 3.05) is 36.8 Å². The molecule has 2 aliphatic heterocycles. The molecule has 4 rings (SSSR count). The lowest BCUT2D eigenvalue weighted by molar-refractivity contribution is 0.0695. The monoisotopic (exact) mass is 417 g/mol. The van der Waals surface area contributed by atoms with Gasteiger partial charge in [-0.3, -0.25) is 4.79 Å². The van der Waals surface area contributed by atoms with Crippen molar-refractivity contribution in [1.29, 1.82) is 0 Å². The Morgan fingerprint density at radius 1 is 1.14 bits per heavy atom. The van der Waals surface area contributed by atoms with E-state index in [0.717, 1.165) is 6.42 Å². The minimum Gasteiger partial charge on any atom is -0.467 e. The van der Waals surface area contributed by atoms with Crippen LogP contribution in [-0.4, -0.2) is 61.5 Å². The molecule has 1 saturated heterocycles. The van der Waals surface area contributed by atoms with Gasteiger partial charge in [0, 0.05) is 37.9 Å². The average Bonchev–Trinajstić information content (AvgIpc) is 3.32. The molecule has 0 N–H and O–H groups in total. The highest BCUT2D eigenvalue weighted by Crippen LogP contribution is 2.33. The fourth-order valence-electron chi connectivity index (χ4n) is 4.20. The highest BCUT2D eigenvalue weighted by atomic mass is 32.2. The number of piperazine rings is 1. The molecule has 29 heavy (non-hydrogen) atoms. The van der Waals surface area contributed by atoms with E-state index in [0.29, 0.717) is 50.1 Å². The van der Waals surface area contributed by atoms with Gasteiger partial charge >= 0.3 is 0 Å². The highest BCUT2D eigenvalue weighted by Gasteiger charge is 2.31. The van der Waals surface area contributed by atoms with Crippen molar-refractivity contribution in [1.82, 2.24) is 9.21 Å². The summed E-state index contributed by atoms with van der Waals surface area (Å²) in [6.07, 6.45) is 2.54. The number of furan rings is 1. The van der Waals surface area contributed by atoms with Crippen LogP contribution in [0.15, 0.2) is 41.0 Å². The number of benzene rings is 1. The Kier molecular flexibility index (Phi) is 5.40. The Bertz CT molecular complexity index is 993. The number of hydrogen-bond donors (Lipinski definition) is 0. The number of amides is 1. The van der Waals surface area contributed by atoms with Crippen LogP contribution in [0.5, 0.6) is 0 Å². The topological polar surface area (TPSA) is 74.1 Å². The summed E-state index contributed by atoms with van der Waals surface area (Å²) < 4.78 is 31.2. The summed E-state index contributed by atoms with van der Waals surface area (Å²) in [6.45, 7) is 5.82. The number of hydrogen-bond acceptors (Lipinski definition) is 5. The molecule has 0 bridgehead atoms. The second-order valence-electron chi connectivity index (χ2n) is 7.66. The SMILES string of the molecule is CCS(=O)(=O)N1CCN(C(=O)c2ccoc2CN2c3ccccc3CC2C)CC1. The van der Waals surface area contributed by atoms with Gasteiger partial charge in [-0.05, 0) is 38.0 Å². The molecule has 1 aromatic carbocycles. The molecule has 1 aromatic heterocycles. The summed E-state index contributed by atoms with van der Waals surface area (Å²) in [4.78, 5) is 17.1. The standard InChI is InChI=1S/C21H27N3O4S/c1-3-29(26,27)23-11-9-22(10-12-23)21(25)18-8-13-28-20(18)15-24-16(2)14-17-6-4-5-7-19(17)24/h4-8,13,16H,3,9-12,14-15H2,1-2H3. The van der Waals surface area contributed by atoms with Crippen molar-refractivity contribution >= 4 is 21.6 Å². The molecule has 0 aliphatic carbocycles. The third kappa shape index (κ3) is 3.79. The first kappa shape index (κ1) is 20.0. The van der Waals surface area contributed by atoms with E-state index in [2.05, 4.69) is 30.0 Å². The molecule has 0 radical (unpaired) electrons. The van der Waals surface area contributed by atoms with Crippen molar-refractivity contribution in [3.63, 3.8) is 0 Å². The van der Waals surface area contributed by atoms with Crippen molar-refractivity contribution in [2.24, 2.45) is 0 Å². The second-order valence-corrected chi connectivity index (χ2v) is 9.92. The van der Waals surface area contributed by atoms with E-state index in [9.17, 15) is 13.2 Å². The largest absolute Gasteiger partial charge is 0.467 e. The zero-order valence-electron chi connectivity index (χ0n) is 16.9. The first-order chi connectivity index (χ1) is 13.9. The lowest BCUT2D eigenvalue weighted by atomic mass is 10.1. The van der Waals surface area contributed by atoms with Crippen molar-refractivity contribution in [3.05, 3.63) is 53.5 Å². The highest BCUT2D eigenvalue weighted by molar-refractivity contribution is 7.89. The predicted octanol–water partition coefficient (Wildman–Crippen LogP) is 2.34. The van der Waals surface area contributed by atoms with Crippen molar-refractivity contribution in [2.45, 2.75) is 32.9 Å². The van der Waals surface area contributed by atoms with Gasteiger partial charge in [-0.25, -0.2) is 8.42 Å². The summed E-state index contributed by atoms with van der Waals surface area (Å²) >= 11 is 0. The third-order valence-corrected chi connectivity index (χ3v) is 7.80. The van der Waals surface area contributed by atoms with Crippen LogP contribution in [0, 0.1) is 0 Å². The van der Waals surface area contributed by atoms with Crippen molar-refractivity contribution < 1.29 is 17.6 Å². The quantitative estimate of drug-likeness (QED) is 0.747. The number of para-hydroxylation sites is 1. The lowest BCUT2D eigenvalue weighted by Crippen LogP contribution is -2.51. The normalized spacial score (nSPS) is 20.1. The molecule has 0 saturated carbocycles. The van der Waals surface area contributed by atoms with Crippen LogP contribution >= 0.6 is 0 Å². The maximum absolute atomic E-state index is 13.1. The van der Waals surface area contributed by atoms with E-state index < -0.39 is 10.0 Å². The zero-order chi connectivity index (χ0) is 20.6. The first-order valence-corrected chi connectivity index (χ1v) is 11.7. The molecule has 156 valence electrons. The zero-order valence-corrected chi connectivity index (χ0v) is 17.7. The van der Waals surface area contributed by atoms with Gasteiger partial charge in [0.1, 0.15) is 5.76 Å². The molecule has 1 unspecified atom stereocenters. The summed E-state index contributed by atoms with van der Waals surface area (Å²) in [6, 6.07) is 10.4. The van der Waals surface area contributed by atoms with Gasteiger partial charge in [0.05, 0.1) is 24.1 Å². The molecule has 2 aromatic rings. The Labute approximate surface area is 171 Å². The molecule has 3 heterocycles. The van der Waals surface area contributed by atoms with Gasteiger partial charge in [-0.1, -0.05) is 18.2 Å². The van der Waals surface area contributed by atoms with Gasteiger partial charge in [-0.15, -0.1) is 0 Å². The Balaban J connectivity index is 1.47. The summed E-state index contributed by atoms with van der Waals surface area (Å²) in [5.74, 6) is 0.645. The number of carbonyl (C=O) groups excluding carboxylic acids is 1. The lowest BCUT2D eigenvalue weighted by Gasteiger charge is -2.34. The van der Waals surface area contributed by atoms with Crippen molar-refractivity contribution in [3.8, 4) is 0 Å². The summed E-state index contributed by atoms with van der Waals surface area (Å²) in [5, 5.41) is 0. The summed E-state index contributed by atoms with van der Waals surface area (Å²) in [5.41, 5.74) is 3.06. The number of rotatable bonds is 5. The number of sulfonamides is 1. The number of nitrogens with zero attached hydrogens (tertiary/aromatic N) is 3. The molecule has 1 amide bonds. The molecule has 7 nitrogen and oxygen atoms in total. The van der Waals surface area contributed by atoms with Gasteiger partial charge in [0.2, 0.25) is 10.0 Å². The number of anilines is 1. The van der Waals surface area contributed by atoms with Gasteiger partial charge < -0.3 is 14.2 Å². The van der Waals surface area contributed by atoms with Gasteiger partial charge in [0.25, 0.3) is 5.91 Å². The van der Waals surface area contributed by atoms with E-state index in [-0.39, 0.29) is 11.7 Å². The maximum atomic E-state index is 13.1.